The normalized spacial score (nSPS) is 24.9. The van der Waals surface area contributed by atoms with Crippen LogP contribution in [0.4, 0.5) is 0 Å². The van der Waals surface area contributed by atoms with Gasteiger partial charge in [-0.3, -0.25) is 4.99 Å². The molecule has 2 nitrogen and oxygen atoms in total. The lowest BCUT2D eigenvalue weighted by atomic mass is 10.2. The molecular weight excluding hydrogens is 233 g/mol. The number of fused-ring (bicyclic) bond motifs is 1. The number of hydrogen-bond acceptors (Lipinski definition) is 2. The first-order valence-electron chi connectivity index (χ1n) is 4.78. The molecule has 0 N–H and O–H groups in total. The van der Waals surface area contributed by atoms with Crippen molar-refractivity contribution in [2.75, 3.05) is 0 Å². The lowest BCUT2D eigenvalue weighted by molar-refractivity contribution is 0.200. The van der Waals surface area contributed by atoms with E-state index in [0.29, 0.717) is 15.9 Å². The summed E-state index contributed by atoms with van der Waals surface area (Å²) in [6.07, 6.45) is -0.0279. The Bertz CT molecular complexity index is 417. The highest BCUT2D eigenvalue weighted by atomic mass is 35.5. The molecule has 0 spiro atoms. The second-order valence-corrected chi connectivity index (χ2v) is 4.37. The first-order chi connectivity index (χ1) is 7.09. The third-order valence-electron chi connectivity index (χ3n) is 2.49. The van der Waals surface area contributed by atoms with Crippen LogP contribution in [0.25, 0.3) is 0 Å². The molecular formula is C11H11Cl2NO. The Morgan fingerprint density at radius 3 is 2.73 bits per heavy atom. The number of rotatable bonds is 0. The van der Waals surface area contributed by atoms with Crippen molar-refractivity contribution < 1.29 is 4.74 Å². The van der Waals surface area contributed by atoms with Crippen LogP contribution in [0.2, 0.25) is 5.02 Å². The van der Waals surface area contributed by atoms with Crippen molar-refractivity contribution in [1.29, 1.82) is 0 Å². The summed E-state index contributed by atoms with van der Waals surface area (Å²) in [6.45, 7) is 3.92. The van der Waals surface area contributed by atoms with E-state index in [0.717, 1.165) is 5.56 Å². The topological polar surface area (TPSA) is 21.6 Å². The first-order valence-corrected chi connectivity index (χ1v) is 5.54. The fourth-order valence-corrected chi connectivity index (χ4v) is 1.95. The fourth-order valence-electron chi connectivity index (χ4n) is 1.43. The van der Waals surface area contributed by atoms with Crippen molar-refractivity contribution in [2.45, 2.75) is 26.0 Å². The summed E-state index contributed by atoms with van der Waals surface area (Å²) in [5, 5.41) is 1.03. The maximum Gasteiger partial charge on any atom is 0.148 e. The summed E-state index contributed by atoms with van der Waals surface area (Å²) < 4.78 is 5.74. The quantitative estimate of drug-likeness (QED) is 0.684. The molecule has 0 amide bonds. The van der Waals surface area contributed by atoms with Crippen LogP contribution in [-0.4, -0.2) is 17.3 Å². The van der Waals surface area contributed by atoms with Crippen LogP contribution in [0, 0.1) is 0 Å². The van der Waals surface area contributed by atoms with Gasteiger partial charge in [-0.05, 0) is 26.0 Å². The summed E-state index contributed by atoms with van der Waals surface area (Å²) in [6, 6.07) is 5.51. The van der Waals surface area contributed by atoms with E-state index < -0.39 is 0 Å². The van der Waals surface area contributed by atoms with Gasteiger partial charge in [0.05, 0.1) is 16.6 Å². The van der Waals surface area contributed by atoms with Crippen molar-refractivity contribution in [3.63, 3.8) is 0 Å². The molecule has 15 heavy (non-hydrogen) atoms. The predicted octanol–water partition coefficient (Wildman–Crippen LogP) is 3.49. The Morgan fingerprint density at radius 1 is 1.27 bits per heavy atom. The Balaban J connectivity index is 2.57. The van der Waals surface area contributed by atoms with E-state index >= 15 is 0 Å². The number of halogens is 2. The largest absolute Gasteiger partial charge is 0.486 e. The monoisotopic (exact) mass is 243 g/mol. The second-order valence-electron chi connectivity index (χ2n) is 3.60. The van der Waals surface area contributed by atoms with E-state index in [2.05, 4.69) is 4.99 Å². The van der Waals surface area contributed by atoms with Crippen LogP contribution >= 0.6 is 23.2 Å². The average molecular weight is 244 g/mol. The molecule has 1 aliphatic rings. The minimum atomic E-state index is -0.0279. The summed E-state index contributed by atoms with van der Waals surface area (Å²) in [5.41, 5.74) is 0.764. The van der Waals surface area contributed by atoms with Gasteiger partial charge < -0.3 is 4.74 Å². The molecule has 0 aliphatic carbocycles. The van der Waals surface area contributed by atoms with Gasteiger partial charge >= 0.3 is 0 Å². The number of para-hydroxylation sites is 1. The number of ether oxygens (including phenoxy) is 1. The molecule has 1 aromatic rings. The van der Waals surface area contributed by atoms with E-state index in [4.69, 9.17) is 27.9 Å². The molecule has 1 aromatic carbocycles. The molecule has 2 rings (SSSR count). The molecule has 1 heterocycles. The standard InChI is InChI=1S/C11H11Cl2NO/c1-6-7(2)15-10-8(11(13)14-6)4-3-5-9(10)12/h3-7H,1-2H3. The SMILES string of the molecule is CC1N=C(Cl)c2cccc(Cl)c2OC1C. The van der Waals surface area contributed by atoms with Crippen molar-refractivity contribution in [3.8, 4) is 5.75 Å². The minimum absolute atomic E-state index is 0.0279. The van der Waals surface area contributed by atoms with E-state index in [9.17, 15) is 0 Å². The minimum Gasteiger partial charge on any atom is -0.486 e. The van der Waals surface area contributed by atoms with E-state index in [1.54, 1.807) is 6.07 Å². The van der Waals surface area contributed by atoms with Crippen molar-refractivity contribution in [1.82, 2.24) is 0 Å². The maximum absolute atomic E-state index is 6.10. The van der Waals surface area contributed by atoms with Crippen molar-refractivity contribution >= 4 is 28.4 Å². The van der Waals surface area contributed by atoms with Gasteiger partial charge in [-0.15, -0.1) is 0 Å². The van der Waals surface area contributed by atoms with Gasteiger partial charge in [0.25, 0.3) is 0 Å². The summed E-state index contributed by atoms with van der Waals surface area (Å²) in [5.74, 6) is 0.629. The number of nitrogens with zero attached hydrogens (tertiary/aromatic N) is 1. The first kappa shape index (κ1) is 10.8. The zero-order valence-corrected chi connectivity index (χ0v) is 10.0. The van der Waals surface area contributed by atoms with Crippen LogP contribution in [0.3, 0.4) is 0 Å². The third kappa shape index (κ3) is 1.97. The van der Waals surface area contributed by atoms with Crippen molar-refractivity contribution in [2.24, 2.45) is 4.99 Å². The van der Waals surface area contributed by atoms with Gasteiger partial charge in [0.15, 0.2) is 0 Å². The Morgan fingerprint density at radius 2 is 2.00 bits per heavy atom. The number of hydrogen-bond donors (Lipinski definition) is 0. The van der Waals surface area contributed by atoms with E-state index in [-0.39, 0.29) is 12.1 Å². The van der Waals surface area contributed by atoms with Gasteiger partial charge in [0.1, 0.15) is 17.0 Å². The molecule has 4 heteroatoms. The molecule has 0 bridgehead atoms. The molecule has 0 saturated heterocycles. The molecule has 1 aliphatic heterocycles. The number of benzene rings is 1. The summed E-state index contributed by atoms with van der Waals surface area (Å²) >= 11 is 12.1. The van der Waals surface area contributed by atoms with Crippen molar-refractivity contribution in [3.05, 3.63) is 28.8 Å². The van der Waals surface area contributed by atoms with Crippen LogP contribution in [0.1, 0.15) is 19.4 Å². The molecule has 0 saturated carbocycles. The van der Waals surface area contributed by atoms with Gasteiger partial charge in [-0.2, -0.15) is 0 Å². The second kappa shape index (κ2) is 4.03. The fraction of sp³-hybridized carbons (Fsp3) is 0.364. The summed E-state index contributed by atoms with van der Waals surface area (Å²) in [7, 11) is 0. The highest BCUT2D eigenvalue weighted by Gasteiger charge is 2.23. The molecule has 0 aromatic heterocycles. The maximum atomic E-state index is 6.10. The number of aliphatic imine (C=N–C) groups is 1. The van der Waals surface area contributed by atoms with E-state index in [1.807, 2.05) is 26.0 Å². The molecule has 2 unspecified atom stereocenters. The van der Waals surface area contributed by atoms with Gasteiger partial charge in [0.2, 0.25) is 0 Å². The molecule has 0 radical (unpaired) electrons. The van der Waals surface area contributed by atoms with Crippen LogP contribution in [-0.2, 0) is 0 Å². The lowest BCUT2D eigenvalue weighted by Gasteiger charge is -2.16. The van der Waals surface area contributed by atoms with Gasteiger partial charge in [-0.25, -0.2) is 0 Å². The Hall–Kier alpha value is -0.730. The Kier molecular flexibility index (Phi) is 2.89. The highest BCUT2D eigenvalue weighted by molar-refractivity contribution is 6.70. The summed E-state index contributed by atoms with van der Waals surface area (Å²) in [4.78, 5) is 4.34. The van der Waals surface area contributed by atoms with Gasteiger partial charge in [-0.1, -0.05) is 29.3 Å². The molecule has 0 fully saturated rings. The Labute approximate surface area is 98.9 Å². The zero-order chi connectivity index (χ0) is 11.0. The zero-order valence-electron chi connectivity index (χ0n) is 8.50. The predicted molar refractivity (Wildman–Crippen MR) is 63.4 cm³/mol. The third-order valence-corrected chi connectivity index (χ3v) is 3.09. The van der Waals surface area contributed by atoms with Crippen LogP contribution in [0.15, 0.2) is 23.2 Å². The molecule has 80 valence electrons. The van der Waals surface area contributed by atoms with Crippen LogP contribution in [0.5, 0.6) is 5.75 Å². The van der Waals surface area contributed by atoms with E-state index in [1.165, 1.54) is 0 Å². The highest BCUT2D eigenvalue weighted by Crippen LogP contribution is 2.33. The average Bonchev–Trinajstić information content (AvgIpc) is 2.29. The lowest BCUT2D eigenvalue weighted by Crippen LogP contribution is -2.23. The van der Waals surface area contributed by atoms with Gasteiger partial charge in [0, 0.05) is 0 Å². The smallest absolute Gasteiger partial charge is 0.148 e. The molecule has 2 atom stereocenters. The van der Waals surface area contributed by atoms with Crippen LogP contribution < -0.4 is 4.74 Å².